The molecule has 14 heteroatoms. The number of likely N-dealkylation sites (tertiary alicyclic amines) is 1. The van der Waals surface area contributed by atoms with Crippen LogP contribution in [0, 0.1) is 0 Å². The summed E-state index contributed by atoms with van der Waals surface area (Å²) in [6.45, 7) is -1.69. The number of ether oxygens (including phenoxy) is 1. The van der Waals surface area contributed by atoms with Crippen LogP contribution >= 0.6 is 0 Å². The molecule has 0 bridgehead atoms. The lowest BCUT2D eigenvalue weighted by atomic mass is 10.3. The van der Waals surface area contributed by atoms with Gasteiger partial charge in [0.2, 0.25) is 23.9 Å². The first-order chi connectivity index (χ1) is 16.1. The van der Waals surface area contributed by atoms with Crippen molar-refractivity contribution in [2.75, 3.05) is 32.8 Å². The summed E-state index contributed by atoms with van der Waals surface area (Å²) in [6, 6.07) is 0. The molecule has 0 radical (unpaired) electrons. The molecule has 14 nitrogen and oxygen atoms in total. The van der Waals surface area contributed by atoms with Gasteiger partial charge in [0.15, 0.2) is 0 Å². The Labute approximate surface area is 192 Å². The third-order valence-corrected chi connectivity index (χ3v) is 5.24. The molecular weight excluding hydrogens is 456 g/mol. The molecule has 7 amide bonds. The van der Waals surface area contributed by atoms with Crippen molar-refractivity contribution in [1.82, 2.24) is 19.6 Å². The Balaban J connectivity index is 1.66. The smallest absolute Gasteiger partial charge is 0.354 e. The average molecular weight is 476 g/mol. The number of rotatable bonds is 11. The Morgan fingerprint density at radius 2 is 1.24 bits per heavy atom. The van der Waals surface area contributed by atoms with Crippen LogP contribution in [-0.2, 0) is 43.1 Å². The number of nitrogens with zero attached hydrogens (tertiary/aromatic N) is 4. The Morgan fingerprint density at radius 1 is 0.824 bits per heavy atom. The van der Waals surface area contributed by atoms with Crippen LogP contribution in [0.1, 0.15) is 12.8 Å². The van der Waals surface area contributed by atoms with E-state index >= 15 is 0 Å². The maximum absolute atomic E-state index is 12.8. The highest BCUT2D eigenvalue weighted by molar-refractivity contribution is 6.13. The molecule has 1 atom stereocenters. The van der Waals surface area contributed by atoms with E-state index in [2.05, 4.69) is 0 Å². The molecule has 3 aliphatic rings. The fourth-order valence-electron chi connectivity index (χ4n) is 3.46. The fraction of sp³-hybridized carbons (Fsp3) is 0.400. The van der Waals surface area contributed by atoms with Crippen LogP contribution in [0.5, 0.6) is 0 Å². The van der Waals surface area contributed by atoms with Gasteiger partial charge >= 0.3 is 5.97 Å². The van der Waals surface area contributed by atoms with Crippen LogP contribution < -0.4 is 0 Å². The fourth-order valence-corrected chi connectivity index (χ4v) is 3.46. The van der Waals surface area contributed by atoms with Crippen LogP contribution in [0.25, 0.3) is 0 Å². The van der Waals surface area contributed by atoms with Crippen molar-refractivity contribution in [2.45, 2.75) is 19.1 Å². The highest BCUT2D eigenvalue weighted by Crippen LogP contribution is 2.17. The predicted octanol–water partition coefficient (Wildman–Crippen LogP) is -2.76. The summed E-state index contributed by atoms with van der Waals surface area (Å²) < 4.78 is 5.07. The van der Waals surface area contributed by atoms with E-state index < -0.39 is 60.2 Å². The summed E-state index contributed by atoms with van der Waals surface area (Å²) in [6.07, 6.45) is 1.89. The van der Waals surface area contributed by atoms with Gasteiger partial charge in [-0.1, -0.05) is 0 Å². The summed E-state index contributed by atoms with van der Waals surface area (Å²) in [5.74, 6) is -6.30. The first-order valence-corrected chi connectivity index (χ1v) is 10.1. The minimum Gasteiger partial charge on any atom is -0.478 e. The zero-order valence-corrected chi connectivity index (χ0v) is 17.7. The van der Waals surface area contributed by atoms with Crippen LogP contribution in [0.2, 0.25) is 0 Å². The minimum atomic E-state index is -2.01. The number of carbonyl (C=O) groups is 8. The second-order valence-corrected chi connectivity index (χ2v) is 7.36. The number of hydrogen-bond donors (Lipinski definition) is 1. The number of hydrogen-bond acceptors (Lipinski definition) is 9. The van der Waals surface area contributed by atoms with Crippen LogP contribution in [-0.4, -0.2) is 111 Å². The van der Waals surface area contributed by atoms with Crippen molar-refractivity contribution in [2.24, 2.45) is 0 Å². The normalized spacial score (nSPS) is 18.6. The summed E-state index contributed by atoms with van der Waals surface area (Å²) >= 11 is 0. The van der Waals surface area contributed by atoms with Gasteiger partial charge in [-0.3, -0.25) is 43.4 Å². The van der Waals surface area contributed by atoms with Gasteiger partial charge in [0.1, 0.15) is 6.61 Å². The maximum atomic E-state index is 12.8. The van der Waals surface area contributed by atoms with Gasteiger partial charge in [-0.25, -0.2) is 9.69 Å². The Morgan fingerprint density at radius 3 is 1.62 bits per heavy atom. The molecule has 0 aromatic carbocycles. The van der Waals surface area contributed by atoms with E-state index in [1.165, 1.54) is 0 Å². The lowest BCUT2D eigenvalue weighted by molar-refractivity contribution is -0.177. The first-order valence-electron chi connectivity index (χ1n) is 10.1. The molecular formula is C20H20N4O10. The van der Waals surface area contributed by atoms with E-state index in [-0.39, 0.29) is 39.0 Å². The second kappa shape index (κ2) is 10.2. The molecule has 3 heterocycles. The second-order valence-electron chi connectivity index (χ2n) is 7.36. The van der Waals surface area contributed by atoms with Crippen molar-refractivity contribution in [3.05, 3.63) is 24.3 Å². The van der Waals surface area contributed by atoms with E-state index in [0.717, 1.165) is 39.0 Å². The highest BCUT2D eigenvalue weighted by atomic mass is 16.5. The molecule has 3 rings (SSSR count). The van der Waals surface area contributed by atoms with Crippen LogP contribution in [0.3, 0.4) is 0 Å². The molecule has 0 spiro atoms. The lowest BCUT2D eigenvalue weighted by Crippen LogP contribution is -2.49. The van der Waals surface area contributed by atoms with E-state index in [4.69, 9.17) is 4.74 Å². The SMILES string of the molecule is O=C(O)C(OCC(=O)N(CCN1C(=O)C=CC1=O)CCN1C(=O)C=CC1=O)N1C(=O)CCC1=O. The molecule has 1 saturated heterocycles. The van der Waals surface area contributed by atoms with Gasteiger partial charge < -0.3 is 14.7 Å². The highest BCUT2D eigenvalue weighted by Gasteiger charge is 2.40. The lowest BCUT2D eigenvalue weighted by Gasteiger charge is -2.28. The van der Waals surface area contributed by atoms with Crippen molar-refractivity contribution in [3.8, 4) is 0 Å². The van der Waals surface area contributed by atoms with E-state index in [9.17, 15) is 43.5 Å². The standard InChI is InChI=1S/C20H20N4O10/c25-12-1-2-13(26)22(12)9-7-21(8-10-23-14(27)3-4-15(23)28)18(31)11-34-19(20(32)33)24-16(29)5-6-17(24)30/h1-4,19H,5-11H2,(H,32,33). The molecule has 3 aliphatic heterocycles. The van der Waals surface area contributed by atoms with E-state index in [0.29, 0.717) is 4.90 Å². The molecule has 1 fully saturated rings. The molecule has 0 aromatic heterocycles. The van der Waals surface area contributed by atoms with Gasteiger partial charge in [0, 0.05) is 63.3 Å². The molecule has 34 heavy (non-hydrogen) atoms. The van der Waals surface area contributed by atoms with Gasteiger partial charge in [-0.15, -0.1) is 0 Å². The summed E-state index contributed by atoms with van der Waals surface area (Å²) in [4.78, 5) is 98.3. The Kier molecular flexibility index (Phi) is 7.31. The summed E-state index contributed by atoms with van der Waals surface area (Å²) in [7, 11) is 0. The van der Waals surface area contributed by atoms with Crippen molar-refractivity contribution < 1.29 is 48.2 Å². The monoisotopic (exact) mass is 476 g/mol. The number of imide groups is 3. The quantitative estimate of drug-likeness (QED) is 0.307. The average Bonchev–Trinajstić information content (AvgIpc) is 3.40. The third kappa shape index (κ3) is 5.23. The largest absolute Gasteiger partial charge is 0.478 e. The van der Waals surface area contributed by atoms with Crippen molar-refractivity contribution in [3.63, 3.8) is 0 Å². The molecule has 0 saturated carbocycles. The van der Waals surface area contributed by atoms with Crippen LogP contribution in [0.15, 0.2) is 24.3 Å². The van der Waals surface area contributed by atoms with Gasteiger partial charge in [0.05, 0.1) is 0 Å². The predicted molar refractivity (Wildman–Crippen MR) is 107 cm³/mol. The number of carboxylic acid groups (broad SMARTS) is 1. The Bertz CT molecular complexity index is 934. The van der Waals surface area contributed by atoms with Gasteiger partial charge in [-0.2, -0.15) is 0 Å². The van der Waals surface area contributed by atoms with Crippen molar-refractivity contribution in [1.29, 1.82) is 0 Å². The molecule has 0 aromatic rings. The molecule has 1 N–H and O–H groups in total. The first kappa shape index (κ1) is 24.4. The number of carbonyl (C=O) groups excluding carboxylic acids is 7. The Hall–Kier alpha value is -4.20. The third-order valence-electron chi connectivity index (χ3n) is 5.24. The van der Waals surface area contributed by atoms with Gasteiger partial charge in [-0.05, 0) is 0 Å². The minimum absolute atomic E-state index is 0.177. The number of aliphatic carboxylic acids is 1. The molecule has 0 aliphatic carbocycles. The van der Waals surface area contributed by atoms with E-state index in [1.54, 1.807) is 0 Å². The van der Waals surface area contributed by atoms with Crippen LogP contribution in [0.4, 0.5) is 0 Å². The summed E-state index contributed by atoms with van der Waals surface area (Å²) in [5.41, 5.74) is 0. The molecule has 180 valence electrons. The maximum Gasteiger partial charge on any atom is 0.354 e. The topological polar surface area (TPSA) is 179 Å². The zero-order valence-electron chi connectivity index (χ0n) is 17.7. The number of carboxylic acids is 1. The van der Waals surface area contributed by atoms with Crippen molar-refractivity contribution >= 4 is 47.3 Å². The summed E-state index contributed by atoms with van der Waals surface area (Å²) in [5, 5.41) is 9.36. The van der Waals surface area contributed by atoms with E-state index in [1.807, 2.05) is 0 Å². The van der Waals surface area contributed by atoms with Gasteiger partial charge in [0.25, 0.3) is 23.6 Å². The number of amides is 7. The molecule has 1 unspecified atom stereocenters. The zero-order chi connectivity index (χ0) is 25.0.